The predicted octanol–water partition coefficient (Wildman–Crippen LogP) is 2.75. The molecule has 0 fully saturated rings. The highest BCUT2D eigenvalue weighted by Crippen LogP contribution is 2.25. The van der Waals surface area contributed by atoms with Crippen LogP contribution in [0.2, 0.25) is 0 Å². The molecule has 9 heteroatoms. The molecule has 0 spiro atoms. The Bertz CT molecular complexity index is 1110. The first-order chi connectivity index (χ1) is 15.0. The molecule has 2 amide bonds. The number of benzene rings is 1. The van der Waals surface area contributed by atoms with Crippen LogP contribution in [0.5, 0.6) is 0 Å². The van der Waals surface area contributed by atoms with E-state index in [1.54, 1.807) is 44.3 Å². The van der Waals surface area contributed by atoms with E-state index in [0.717, 1.165) is 0 Å². The summed E-state index contributed by atoms with van der Waals surface area (Å²) in [6, 6.07) is 9.56. The average molecular weight is 426 g/mol. The average Bonchev–Trinajstić information content (AvgIpc) is 3.28. The molecule has 0 aliphatic rings. The van der Waals surface area contributed by atoms with E-state index in [9.17, 15) is 14.4 Å². The number of hydrogen-bond acceptors (Lipinski definition) is 6. The molecule has 0 aliphatic carbocycles. The number of hydrogen-bond donors (Lipinski definition) is 1. The molecule has 0 saturated heterocycles. The molecule has 0 aliphatic heterocycles. The van der Waals surface area contributed by atoms with Crippen molar-refractivity contribution in [3.05, 3.63) is 64.6 Å². The van der Waals surface area contributed by atoms with Gasteiger partial charge in [-0.25, -0.2) is 9.78 Å². The Hall–Kier alpha value is -3.62. The minimum Gasteiger partial charge on any atom is -0.467 e. The Balaban J connectivity index is 1.98. The highest BCUT2D eigenvalue weighted by molar-refractivity contribution is 5.81. The van der Waals surface area contributed by atoms with Gasteiger partial charge < -0.3 is 19.4 Å². The van der Waals surface area contributed by atoms with Crippen molar-refractivity contribution >= 4 is 22.9 Å². The molecular formula is C22H26N4O5. The lowest BCUT2D eigenvalue weighted by atomic mass is 10.1. The van der Waals surface area contributed by atoms with Crippen LogP contribution >= 0.6 is 0 Å². The Labute approximate surface area is 179 Å². The van der Waals surface area contributed by atoms with Gasteiger partial charge in [0, 0.05) is 7.05 Å². The number of rotatable bonds is 8. The predicted molar refractivity (Wildman–Crippen MR) is 114 cm³/mol. The maximum atomic E-state index is 13.1. The molecule has 3 rings (SSSR count). The highest BCUT2D eigenvalue weighted by Gasteiger charge is 2.29. The van der Waals surface area contributed by atoms with Crippen molar-refractivity contribution < 1.29 is 18.7 Å². The topological polar surface area (TPSA) is 107 Å². The van der Waals surface area contributed by atoms with E-state index in [1.807, 2.05) is 13.0 Å². The number of ether oxygens (including phenoxy) is 1. The Kier molecular flexibility index (Phi) is 7.07. The molecule has 1 N–H and O–H groups in total. The van der Waals surface area contributed by atoms with Crippen LogP contribution in [0, 0.1) is 0 Å². The summed E-state index contributed by atoms with van der Waals surface area (Å²) in [4.78, 5) is 43.9. The molecule has 1 atom stereocenters. The number of aromatic nitrogens is 2. The third-order valence-electron chi connectivity index (χ3n) is 4.94. The van der Waals surface area contributed by atoms with Crippen molar-refractivity contribution in [2.24, 2.45) is 7.05 Å². The standard InChI is InChI=1S/C22H26N4O5/c1-4-18(20-24-17-11-7-6-10-16(17)21(28)25(20)3)26(14-15-9-8-12-31-15)22(29)23-13-19(27)30-5-2/h6-12,18H,4-5,13-14H2,1-3H3,(H,23,29). The summed E-state index contributed by atoms with van der Waals surface area (Å²) >= 11 is 0. The van der Waals surface area contributed by atoms with Crippen LogP contribution in [0.15, 0.2) is 51.9 Å². The van der Waals surface area contributed by atoms with Crippen molar-refractivity contribution in [2.45, 2.75) is 32.9 Å². The van der Waals surface area contributed by atoms with E-state index in [1.165, 1.54) is 15.7 Å². The first-order valence-electron chi connectivity index (χ1n) is 10.1. The molecule has 1 aromatic carbocycles. The number of nitrogens with one attached hydrogen (secondary N) is 1. The monoisotopic (exact) mass is 426 g/mol. The van der Waals surface area contributed by atoms with Crippen molar-refractivity contribution in [1.29, 1.82) is 0 Å². The van der Waals surface area contributed by atoms with Gasteiger partial charge in [0.2, 0.25) is 0 Å². The van der Waals surface area contributed by atoms with E-state index >= 15 is 0 Å². The summed E-state index contributed by atoms with van der Waals surface area (Å²) < 4.78 is 11.8. The van der Waals surface area contributed by atoms with Crippen LogP contribution in [0.1, 0.15) is 37.9 Å². The largest absolute Gasteiger partial charge is 0.467 e. The first-order valence-corrected chi connectivity index (χ1v) is 10.1. The first kappa shape index (κ1) is 22.1. The van der Waals surface area contributed by atoms with Gasteiger partial charge in [0.25, 0.3) is 5.56 Å². The number of urea groups is 1. The van der Waals surface area contributed by atoms with Crippen molar-refractivity contribution in [3.8, 4) is 0 Å². The lowest BCUT2D eigenvalue weighted by Crippen LogP contribution is -2.45. The quantitative estimate of drug-likeness (QED) is 0.555. The fourth-order valence-corrected chi connectivity index (χ4v) is 3.43. The normalized spacial score (nSPS) is 11.8. The van der Waals surface area contributed by atoms with Gasteiger partial charge >= 0.3 is 12.0 Å². The maximum Gasteiger partial charge on any atom is 0.325 e. The Morgan fingerprint density at radius 1 is 1.23 bits per heavy atom. The number of para-hydroxylation sites is 1. The maximum absolute atomic E-state index is 13.1. The molecule has 3 aromatic rings. The van der Waals surface area contributed by atoms with Crippen LogP contribution in [0.25, 0.3) is 10.9 Å². The molecule has 9 nitrogen and oxygen atoms in total. The van der Waals surface area contributed by atoms with Crippen molar-refractivity contribution in [1.82, 2.24) is 19.8 Å². The number of furan rings is 1. The van der Waals surface area contributed by atoms with Gasteiger partial charge in [-0.05, 0) is 37.6 Å². The number of carbonyl (C=O) groups excluding carboxylic acids is 2. The van der Waals surface area contributed by atoms with Crippen LogP contribution in [-0.4, -0.2) is 39.6 Å². The zero-order valence-corrected chi connectivity index (χ0v) is 17.8. The van der Waals surface area contributed by atoms with E-state index in [-0.39, 0.29) is 25.3 Å². The molecular weight excluding hydrogens is 400 g/mol. The summed E-state index contributed by atoms with van der Waals surface area (Å²) in [6.07, 6.45) is 2.02. The number of esters is 1. The lowest BCUT2D eigenvalue weighted by Gasteiger charge is -2.31. The Morgan fingerprint density at radius 3 is 2.68 bits per heavy atom. The van der Waals surface area contributed by atoms with Crippen LogP contribution in [-0.2, 0) is 23.1 Å². The fourth-order valence-electron chi connectivity index (χ4n) is 3.43. The second kappa shape index (κ2) is 9.92. The second-order valence-electron chi connectivity index (χ2n) is 6.95. The van der Waals surface area contributed by atoms with E-state index < -0.39 is 18.0 Å². The second-order valence-corrected chi connectivity index (χ2v) is 6.95. The van der Waals surface area contributed by atoms with Gasteiger partial charge in [-0.1, -0.05) is 19.1 Å². The van der Waals surface area contributed by atoms with Gasteiger partial charge in [0.15, 0.2) is 0 Å². The van der Waals surface area contributed by atoms with E-state index in [0.29, 0.717) is 28.9 Å². The molecule has 1 unspecified atom stereocenters. The molecule has 0 saturated carbocycles. The van der Waals surface area contributed by atoms with Crippen molar-refractivity contribution in [2.75, 3.05) is 13.2 Å². The van der Waals surface area contributed by atoms with Gasteiger partial charge in [0.05, 0.1) is 36.4 Å². The molecule has 2 aromatic heterocycles. The highest BCUT2D eigenvalue weighted by atomic mass is 16.5. The SMILES string of the molecule is CCOC(=O)CNC(=O)N(Cc1ccco1)C(CC)c1nc2ccccc2c(=O)n1C. The van der Waals surface area contributed by atoms with Crippen LogP contribution in [0.4, 0.5) is 4.79 Å². The van der Waals surface area contributed by atoms with E-state index in [4.69, 9.17) is 9.15 Å². The van der Waals surface area contributed by atoms with E-state index in [2.05, 4.69) is 10.3 Å². The third kappa shape index (κ3) is 4.93. The third-order valence-corrected chi connectivity index (χ3v) is 4.94. The lowest BCUT2D eigenvalue weighted by molar-refractivity contribution is -0.141. The fraction of sp³-hybridized carbons (Fsp3) is 0.364. The molecule has 0 radical (unpaired) electrons. The molecule has 0 bridgehead atoms. The smallest absolute Gasteiger partial charge is 0.325 e. The van der Waals surface area contributed by atoms with Gasteiger partial charge in [-0.2, -0.15) is 0 Å². The van der Waals surface area contributed by atoms with Gasteiger partial charge in [-0.3, -0.25) is 14.2 Å². The molecule has 164 valence electrons. The zero-order valence-electron chi connectivity index (χ0n) is 17.8. The van der Waals surface area contributed by atoms with Crippen molar-refractivity contribution in [3.63, 3.8) is 0 Å². The summed E-state index contributed by atoms with van der Waals surface area (Å²) in [5.41, 5.74) is 0.368. The Morgan fingerprint density at radius 2 is 2.00 bits per heavy atom. The molecule has 31 heavy (non-hydrogen) atoms. The summed E-state index contributed by atoms with van der Waals surface area (Å²) in [5.74, 6) is 0.484. The van der Waals surface area contributed by atoms with Crippen LogP contribution in [0.3, 0.4) is 0 Å². The zero-order chi connectivity index (χ0) is 22.4. The summed E-state index contributed by atoms with van der Waals surface area (Å²) in [6.45, 7) is 3.71. The van der Waals surface area contributed by atoms with Crippen LogP contribution < -0.4 is 10.9 Å². The summed E-state index contributed by atoms with van der Waals surface area (Å²) in [7, 11) is 1.64. The number of nitrogens with zero attached hydrogens (tertiary/aromatic N) is 3. The minimum atomic E-state index is -0.533. The minimum absolute atomic E-state index is 0.142. The summed E-state index contributed by atoms with van der Waals surface area (Å²) in [5, 5.41) is 3.10. The number of fused-ring (bicyclic) bond motifs is 1. The number of carbonyl (C=O) groups is 2. The molecule has 2 heterocycles. The van der Waals surface area contributed by atoms with Gasteiger partial charge in [-0.15, -0.1) is 0 Å². The van der Waals surface area contributed by atoms with Gasteiger partial charge in [0.1, 0.15) is 18.1 Å². The number of amides is 2.